The summed E-state index contributed by atoms with van der Waals surface area (Å²) in [4.78, 5) is 23.5. The minimum Gasteiger partial charge on any atom is -0.354 e. The van der Waals surface area contributed by atoms with Crippen LogP contribution < -0.4 is 10.6 Å². The van der Waals surface area contributed by atoms with Gasteiger partial charge in [-0.3, -0.25) is 9.59 Å². The summed E-state index contributed by atoms with van der Waals surface area (Å²) in [6.07, 6.45) is 1.13. The predicted octanol–water partition coefficient (Wildman–Crippen LogP) is 3.14. The Morgan fingerprint density at radius 3 is 2.75 bits per heavy atom. The van der Waals surface area contributed by atoms with Crippen LogP contribution in [0.3, 0.4) is 0 Å². The molecule has 0 aliphatic rings. The lowest BCUT2D eigenvalue weighted by molar-refractivity contribution is -0.121. The second-order valence-corrected chi connectivity index (χ2v) is 5.83. The van der Waals surface area contributed by atoms with Crippen molar-refractivity contribution in [1.82, 2.24) is 10.6 Å². The van der Waals surface area contributed by atoms with Gasteiger partial charge in [-0.05, 0) is 31.5 Å². The predicted molar refractivity (Wildman–Crippen MR) is 84.0 cm³/mol. The number of carbonyl (C=O) groups is 2. The third-order valence-electron chi connectivity index (χ3n) is 2.83. The number of nitrogens with one attached hydrogen (secondary N) is 2. The highest BCUT2D eigenvalue weighted by Crippen LogP contribution is 2.20. The van der Waals surface area contributed by atoms with Gasteiger partial charge >= 0.3 is 0 Å². The number of halogens is 2. The van der Waals surface area contributed by atoms with Gasteiger partial charge in [0.15, 0.2) is 0 Å². The van der Waals surface area contributed by atoms with Gasteiger partial charge in [-0.25, -0.2) is 0 Å². The van der Waals surface area contributed by atoms with Crippen LogP contribution >= 0.6 is 27.5 Å². The number of amides is 2. The molecule has 0 aliphatic carbocycles. The summed E-state index contributed by atoms with van der Waals surface area (Å²) in [6.45, 7) is 4.23. The van der Waals surface area contributed by atoms with Gasteiger partial charge in [0.1, 0.15) is 0 Å². The smallest absolute Gasteiger partial charge is 0.252 e. The Kier molecular flexibility index (Phi) is 7.02. The largest absolute Gasteiger partial charge is 0.354 e. The highest BCUT2D eigenvalue weighted by molar-refractivity contribution is 9.10. The van der Waals surface area contributed by atoms with Gasteiger partial charge in [0.05, 0.1) is 10.6 Å². The van der Waals surface area contributed by atoms with Crippen molar-refractivity contribution >= 4 is 39.3 Å². The first-order chi connectivity index (χ1) is 9.43. The van der Waals surface area contributed by atoms with E-state index >= 15 is 0 Å². The molecule has 0 aromatic heterocycles. The average Bonchev–Trinajstić information content (AvgIpc) is 2.41. The van der Waals surface area contributed by atoms with E-state index < -0.39 is 0 Å². The molecular weight excluding hydrogens is 344 g/mol. The van der Waals surface area contributed by atoms with E-state index in [2.05, 4.69) is 26.6 Å². The lowest BCUT2D eigenvalue weighted by atomic mass is 10.2. The van der Waals surface area contributed by atoms with Crippen LogP contribution in [0.15, 0.2) is 22.7 Å². The topological polar surface area (TPSA) is 58.2 Å². The van der Waals surface area contributed by atoms with Crippen molar-refractivity contribution in [2.75, 3.05) is 6.54 Å². The molecule has 1 aromatic rings. The molecular formula is C14H18BrClN2O2. The fourth-order valence-corrected chi connectivity index (χ4v) is 2.07. The zero-order valence-electron chi connectivity index (χ0n) is 11.5. The fourth-order valence-electron chi connectivity index (χ4n) is 1.51. The van der Waals surface area contributed by atoms with Crippen LogP contribution in [-0.4, -0.2) is 24.4 Å². The summed E-state index contributed by atoms with van der Waals surface area (Å²) in [7, 11) is 0. The molecule has 2 amide bonds. The SMILES string of the molecule is CCC(C)NC(=O)CCNC(=O)c1cc(Br)ccc1Cl. The van der Waals surface area contributed by atoms with Crippen molar-refractivity contribution in [1.29, 1.82) is 0 Å². The molecule has 4 nitrogen and oxygen atoms in total. The number of benzene rings is 1. The Morgan fingerprint density at radius 1 is 1.40 bits per heavy atom. The average molecular weight is 362 g/mol. The molecule has 0 spiro atoms. The standard InChI is InChI=1S/C14H18BrClN2O2/c1-3-9(2)18-13(19)6-7-17-14(20)11-8-10(15)4-5-12(11)16/h4-5,8-9H,3,6-7H2,1-2H3,(H,17,20)(H,18,19). The highest BCUT2D eigenvalue weighted by atomic mass is 79.9. The van der Waals surface area contributed by atoms with E-state index in [0.717, 1.165) is 10.9 Å². The number of hydrogen-bond acceptors (Lipinski definition) is 2. The Hall–Kier alpha value is -1.07. The molecule has 110 valence electrons. The maximum atomic E-state index is 11.9. The van der Waals surface area contributed by atoms with Gasteiger partial charge < -0.3 is 10.6 Å². The molecule has 2 N–H and O–H groups in total. The molecule has 6 heteroatoms. The maximum Gasteiger partial charge on any atom is 0.252 e. The van der Waals surface area contributed by atoms with Gasteiger partial charge in [-0.2, -0.15) is 0 Å². The highest BCUT2D eigenvalue weighted by Gasteiger charge is 2.11. The van der Waals surface area contributed by atoms with E-state index in [1.165, 1.54) is 0 Å². The summed E-state index contributed by atoms with van der Waals surface area (Å²) in [5.41, 5.74) is 0.392. The van der Waals surface area contributed by atoms with E-state index in [9.17, 15) is 9.59 Å². The summed E-state index contributed by atoms with van der Waals surface area (Å²) < 4.78 is 0.779. The van der Waals surface area contributed by atoms with Gasteiger partial charge in [0.2, 0.25) is 5.91 Å². The molecule has 0 radical (unpaired) electrons. The van der Waals surface area contributed by atoms with Gasteiger partial charge in [0.25, 0.3) is 5.91 Å². The van der Waals surface area contributed by atoms with Gasteiger partial charge in [-0.15, -0.1) is 0 Å². The molecule has 0 saturated heterocycles. The summed E-state index contributed by atoms with van der Waals surface area (Å²) >= 11 is 9.25. The summed E-state index contributed by atoms with van der Waals surface area (Å²) in [5, 5.41) is 5.91. The number of carbonyl (C=O) groups excluding carboxylic acids is 2. The van der Waals surface area contributed by atoms with E-state index in [1.54, 1.807) is 18.2 Å². The summed E-state index contributed by atoms with van der Waals surface area (Å²) in [6, 6.07) is 5.21. The van der Waals surface area contributed by atoms with Crippen LogP contribution in [0.25, 0.3) is 0 Å². The van der Waals surface area contributed by atoms with Crippen LogP contribution in [0.1, 0.15) is 37.0 Å². The molecule has 1 aromatic carbocycles. The Bertz CT molecular complexity index is 494. The summed E-state index contributed by atoms with van der Waals surface area (Å²) in [5.74, 6) is -0.354. The fraction of sp³-hybridized carbons (Fsp3) is 0.429. The molecule has 0 heterocycles. The van der Waals surface area contributed by atoms with Crippen LogP contribution in [0.4, 0.5) is 0 Å². The molecule has 1 rings (SSSR count). The molecule has 0 aliphatic heterocycles. The quantitative estimate of drug-likeness (QED) is 0.818. The van der Waals surface area contributed by atoms with E-state index in [1.807, 2.05) is 13.8 Å². The normalized spacial score (nSPS) is 11.8. The van der Waals surface area contributed by atoms with Crippen molar-refractivity contribution in [2.45, 2.75) is 32.7 Å². The molecule has 0 fully saturated rings. The van der Waals surface area contributed by atoms with Gasteiger partial charge in [0, 0.05) is 23.5 Å². The third-order valence-corrected chi connectivity index (χ3v) is 3.65. The number of hydrogen-bond donors (Lipinski definition) is 2. The zero-order valence-corrected chi connectivity index (χ0v) is 13.8. The lowest BCUT2D eigenvalue weighted by Gasteiger charge is -2.11. The monoisotopic (exact) mass is 360 g/mol. The van der Waals surface area contributed by atoms with E-state index in [-0.39, 0.29) is 30.8 Å². The second kappa shape index (κ2) is 8.27. The zero-order chi connectivity index (χ0) is 15.1. The Balaban J connectivity index is 2.44. The van der Waals surface area contributed by atoms with Crippen LogP contribution in [0, 0.1) is 0 Å². The first-order valence-corrected chi connectivity index (χ1v) is 7.63. The molecule has 20 heavy (non-hydrogen) atoms. The lowest BCUT2D eigenvalue weighted by Crippen LogP contribution is -2.35. The minimum atomic E-state index is -0.285. The first kappa shape index (κ1) is 17.0. The minimum absolute atomic E-state index is 0.0695. The van der Waals surface area contributed by atoms with E-state index in [4.69, 9.17) is 11.6 Å². The molecule has 1 unspecified atom stereocenters. The second-order valence-electron chi connectivity index (χ2n) is 4.51. The van der Waals surface area contributed by atoms with Crippen LogP contribution in [0.2, 0.25) is 5.02 Å². The van der Waals surface area contributed by atoms with Crippen molar-refractivity contribution in [3.63, 3.8) is 0 Å². The third kappa shape index (κ3) is 5.51. The molecule has 1 atom stereocenters. The van der Waals surface area contributed by atoms with Crippen molar-refractivity contribution in [3.05, 3.63) is 33.3 Å². The van der Waals surface area contributed by atoms with Crippen molar-refractivity contribution in [2.24, 2.45) is 0 Å². The Morgan fingerprint density at radius 2 is 2.10 bits per heavy atom. The van der Waals surface area contributed by atoms with Crippen molar-refractivity contribution in [3.8, 4) is 0 Å². The Labute approximate surface area is 132 Å². The van der Waals surface area contributed by atoms with Crippen LogP contribution in [0.5, 0.6) is 0 Å². The molecule has 0 bridgehead atoms. The maximum absolute atomic E-state index is 11.9. The number of rotatable bonds is 6. The van der Waals surface area contributed by atoms with Crippen molar-refractivity contribution < 1.29 is 9.59 Å². The van der Waals surface area contributed by atoms with E-state index in [0.29, 0.717) is 10.6 Å². The first-order valence-electron chi connectivity index (χ1n) is 6.46. The van der Waals surface area contributed by atoms with Gasteiger partial charge in [-0.1, -0.05) is 34.5 Å². The molecule has 0 saturated carbocycles. The van der Waals surface area contributed by atoms with Crippen LogP contribution in [-0.2, 0) is 4.79 Å².